The van der Waals surface area contributed by atoms with Crippen LogP contribution in [0.3, 0.4) is 0 Å². The number of benzene rings is 2. The maximum atomic E-state index is 12.5. The normalized spacial score (nSPS) is 10.9. The molecule has 3 aromatic heterocycles. The van der Waals surface area contributed by atoms with E-state index >= 15 is 0 Å². The van der Waals surface area contributed by atoms with E-state index in [9.17, 15) is 9.59 Å². The average Bonchev–Trinajstić information content (AvgIpc) is 3.29. The van der Waals surface area contributed by atoms with Crippen molar-refractivity contribution in [2.45, 2.75) is 6.92 Å². The summed E-state index contributed by atoms with van der Waals surface area (Å²) in [4.78, 5) is 35.8. The molecule has 36 heavy (non-hydrogen) atoms. The van der Waals surface area contributed by atoms with Gasteiger partial charge in [-0.05, 0) is 48.0 Å². The number of pyridine rings is 2. The third-order valence-corrected chi connectivity index (χ3v) is 6.01. The summed E-state index contributed by atoms with van der Waals surface area (Å²) in [6.07, 6.45) is 5.37. The van der Waals surface area contributed by atoms with Gasteiger partial charge in [0.1, 0.15) is 5.75 Å². The fourth-order valence-corrected chi connectivity index (χ4v) is 4.31. The van der Waals surface area contributed by atoms with E-state index in [-0.39, 0.29) is 11.8 Å². The predicted octanol–water partition coefficient (Wildman–Crippen LogP) is 4.32. The van der Waals surface area contributed by atoms with Crippen LogP contribution < -0.4 is 15.4 Å². The fourth-order valence-electron chi connectivity index (χ4n) is 4.31. The smallest absolute Gasteiger partial charge is 0.251 e. The molecule has 2 aromatic carbocycles. The molecule has 8 nitrogen and oxygen atoms in total. The molecule has 5 aromatic rings. The number of carbonyl (C=O) groups excluding carboxylic acids is 2. The lowest BCUT2D eigenvalue weighted by Gasteiger charge is -2.12. The summed E-state index contributed by atoms with van der Waals surface area (Å²) in [5.74, 6) is 0.407. The van der Waals surface area contributed by atoms with Crippen molar-refractivity contribution in [2.75, 3.05) is 20.2 Å². The topological polar surface area (TPSA) is 109 Å². The molecule has 0 aliphatic rings. The Labute approximate surface area is 207 Å². The Kier molecular flexibility index (Phi) is 6.32. The molecular weight excluding hydrogens is 454 g/mol. The number of methoxy groups -OCH3 is 1. The molecule has 0 saturated carbocycles. The van der Waals surface area contributed by atoms with Crippen molar-refractivity contribution in [3.63, 3.8) is 0 Å². The van der Waals surface area contributed by atoms with Crippen LogP contribution in [0.25, 0.3) is 44.2 Å². The second kappa shape index (κ2) is 9.87. The third kappa shape index (κ3) is 4.48. The number of aromatic nitrogens is 3. The molecule has 0 bridgehead atoms. The number of hydrogen-bond donors (Lipinski definition) is 3. The first-order chi connectivity index (χ1) is 17.5. The molecule has 180 valence electrons. The molecule has 0 atom stereocenters. The number of nitrogens with zero attached hydrogens (tertiary/aromatic N) is 2. The van der Waals surface area contributed by atoms with Crippen LogP contribution >= 0.6 is 0 Å². The summed E-state index contributed by atoms with van der Waals surface area (Å²) in [6.45, 7) is 2.18. The van der Waals surface area contributed by atoms with E-state index in [2.05, 4.69) is 31.7 Å². The van der Waals surface area contributed by atoms with Gasteiger partial charge in [-0.3, -0.25) is 19.6 Å². The summed E-state index contributed by atoms with van der Waals surface area (Å²) in [6, 6.07) is 17.3. The van der Waals surface area contributed by atoms with Gasteiger partial charge < -0.3 is 20.4 Å². The third-order valence-electron chi connectivity index (χ3n) is 6.01. The lowest BCUT2D eigenvalue weighted by atomic mass is 9.97. The Bertz CT molecular complexity index is 1560. The molecule has 0 aliphatic carbocycles. The van der Waals surface area contributed by atoms with Crippen LogP contribution in [0.15, 0.2) is 73.2 Å². The number of ether oxygens (including phenoxy) is 1. The second-order valence-corrected chi connectivity index (χ2v) is 8.36. The number of hydrogen-bond acceptors (Lipinski definition) is 5. The number of H-pyrrole nitrogens is 1. The second-order valence-electron chi connectivity index (χ2n) is 8.36. The summed E-state index contributed by atoms with van der Waals surface area (Å²) in [5.41, 5.74) is 6.04. The molecule has 2 amide bonds. The molecule has 0 spiro atoms. The number of carbonyl (C=O) groups is 2. The zero-order valence-electron chi connectivity index (χ0n) is 20.0. The average molecular weight is 480 g/mol. The van der Waals surface area contributed by atoms with Gasteiger partial charge in [0.25, 0.3) is 5.91 Å². The van der Waals surface area contributed by atoms with Crippen LogP contribution in [-0.2, 0) is 4.79 Å². The van der Waals surface area contributed by atoms with E-state index in [1.807, 2.05) is 42.6 Å². The van der Waals surface area contributed by atoms with Gasteiger partial charge in [-0.25, -0.2) is 0 Å². The lowest BCUT2D eigenvalue weighted by Crippen LogP contribution is -2.33. The fraction of sp³-hybridized carbons (Fsp3) is 0.143. The van der Waals surface area contributed by atoms with E-state index in [4.69, 9.17) is 4.74 Å². The Balaban J connectivity index is 1.54. The summed E-state index contributed by atoms with van der Waals surface area (Å²) < 4.78 is 5.75. The van der Waals surface area contributed by atoms with Crippen LogP contribution in [-0.4, -0.2) is 47.0 Å². The Morgan fingerprint density at radius 2 is 1.75 bits per heavy atom. The van der Waals surface area contributed by atoms with Crippen molar-refractivity contribution in [1.82, 2.24) is 25.6 Å². The summed E-state index contributed by atoms with van der Waals surface area (Å²) in [7, 11) is 1.65. The number of fused-ring (bicyclic) bond motifs is 3. The highest BCUT2D eigenvalue weighted by Gasteiger charge is 2.17. The van der Waals surface area contributed by atoms with Crippen LogP contribution in [0.4, 0.5) is 0 Å². The minimum Gasteiger partial charge on any atom is -0.496 e. The van der Waals surface area contributed by atoms with E-state index in [0.29, 0.717) is 18.7 Å². The van der Waals surface area contributed by atoms with Crippen LogP contribution in [0.5, 0.6) is 5.75 Å². The Hall–Kier alpha value is -4.72. The highest BCUT2D eigenvalue weighted by Crippen LogP contribution is 2.41. The molecule has 3 N–H and O–H groups in total. The first kappa shape index (κ1) is 23.0. The maximum absolute atomic E-state index is 12.5. The van der Waals surface area contributed by atoms with Crippen LogP contribution in [0.2, 0.25) is 0 Å². The van der Waals surface area contributed by atoms with Gasteiger partial charge in [-0.1, -0.05) is 12.1 Å². The standard InChI is InChI=1S/C28H25N5O3/c1-17(34)30-12-13-31-28(35)19-7-5-18(6-8-19)26-25(36-2)10-9-22-27(26)21-14-23(32-16-24(21)33-22)20-4-3-11-29-15-20/h3-11,14-16,33H,12-13H2,1-2H3,(H,30,34)(H,31,35). The molecule has 8 heteroatoms. The maximum Gasteiger partial charge on any atom is 0.251 e. The summed E-state index contributed by atoms with van der Waals surface area (Å²) >= 11 is 0. The Morgan fingerprint density at radius 1 is 0.944 bits per heavy atom. The largest absolute Gasteiger partial charge is 0.496 e. The molecular formula is C28H25N5O3. The zero-order chi connectivity index (χ0) is 25.1. The first-order valence-corrected chi connectivity index (χ1v) is 11.6. The molecule has 0 fully saturated rings. The number of rotatable bonds is 7. The highest BCUT2D eigenvalue weighted by atomic mass is 16.5. The number of amides is 2. The minimum atomic E-state index is -0.198. The number of aromatic amines is 1. The minimum absolute atomic E-state index is 0.127. The molecule has 5 rings (SSSR count). The van der Waals surface area contributed by atoms with E-state index in [1.165, 1.54) is 6.92 Å². The van der Waals surface area contributed by atoms with Crippen LogP contribution in [0, 0.1) is 0 Å². The van der Waals surface area contributed by atoms with Gasteiger partial charge in [0.2, 0.25) is 5.91 Å². The quantitative estimate of drug-likeness (QED) is 0.301. The van der Waals surface area contributed by atoms with Gasteiger partial charge >= 0.3 is 0 Å². The van der Waals surface area contributed by atoms with Crippen molar-refractivity contribution in [3.05, 3.63) is 78.8 Å². The molecule has 0 saturated heterocycles. The first-order valence-electron chi connectivity index (χ1n) is 11.6. The van der Waals surface area contributed by atoms with Gasteiger partial charge in [0.15, 0.2) is 0 Å². The van der Waals surface area contributed by atoms with Gasteiger partial charge in [0.05, 0.1) is 24.5 Å². The van der Waals surface area contributed by atoms with E-state index in [0.717, 1.165) is 49.9 Å². The van der Waals surface area contributed by atoms with Gasteiger partial charge in [-0.15, -0.1) is 0 Å². The lowest BCUT2D eigenvalue weighted by molar-refractivity contribution is -0.118. The van der Waals surface area contributed by atoms with Crippen molar-refractivity contribution < 1.29 is 14.3 Å². The van der Waals surface area contributed by atoms with Crippen molar-refractivity contribution >= 4 is 33.6 Å². The van der Waals surface area contributed by atoms with Gasteiger partial charge in [-0.2, -0.15) is 0 Å². The zero-order valence-corrected chi connectivity index (χ0v) is 20.0. The molecule has 3 heterocycles. The van der Waals surface area contributed by atoms with E-state index in [1.54, 1.807) is 31.6 Å². The summed E-state index contributed by atoms with van der Waals surface area (Å²) in [5, 5.41) is 7.51. The Morgan fingerprint density at radius 3 is 2.47 bits per heavy atom. The SMILES string of the molecule is COc1ccc2[nH]c3cnc(-c4cccnc4)cc3c2c1-c1ccc(C(=O)NCCNC(C)=O)cc1. The van der Waals surface area contributed by atoms with Crippen molar-refractivity contribution in [1.29, 1.82) is 0 Å². The predicted molar refractivity (Wildman–Crippen MR) is 140 cm³/mol. The molecule has 0 aliphatic heterocycles. The molecule has 0 unspecified atom stereocenters. The molecule has 0 radical (unpaired) electrons. The van der Waals surface area contributed by atoms with Crippen molar-refractivity contribution in [2.24, 2.45) is 0 Å². The van der Waals surface area contributed by atoms with Crippen LogP contribution in [0.1, 0.15) is 17.3 Å². The number of nitrogens with one attached hydrogen (secondary N) is 3. The van der Waals surface area contributed by atoms with Gasteiger partial charge in [0, 0.05) is 65.4 Å². The van der Waals surface area contributed by atoms with E-state index < -0.39 is 0 Å². The highest BCUT2D eigenvalue weighted by molar-refractivity contribution is 6.16. The monoisotopic (exact) mass is 479 g/mol. The van der Waals surface area contributed by atoms with Crippen molar-refractivity contribution in [3.8, 4) is 28.1 Å².